The lowest BCUT2D eigenvalue weighted by molar-refractivity contribution is -0.384. The summed E-state index contributed by atoms with van der Waals surface area (Å²) in [5.41, 5.74) is 4.73. The fraction of sp³-hybridized carbons (Fsp3) is 0.455. The van der Waals surface area contributed by atoms with Crippen molar-refractivity contribution in [1.29, 1.82) is 0 Å². The number of nitro benzene ring substituents is 1. The van der Waals surface area contributed by atoms with E-state index in [1.54, 1.807) is 0 Å². The highest BCUT2D eigenvalue weighted by Gasteiger charge is 2.38. The molecule has 0 saturated heterocycles. The van der Waals surface area contributed by atoms with Crippen LogP contribution in [0.25, 0.3) is 0 Å². The molecule has 0 radical (unpaired) electrons. The molecule has 1 heterocycles. The molecule has 0 spiro atoms. The van der Waals surface area contributed by atoms with E-state index < -0.39 is 20.6 Å². The van der Waals surface area contributed by atoms with Crippen molar-refractivity contribution < 1.29 is 13.3 Å². The zero-order chi connectivity index (χ0) is 15.5. The van der Waals surface area contributed by atoms with Gasteiger partial charge in [-0.05, 0) is 18.7 Å². The molecule has 1 aliphatic rings. The lowest BCUT2D eigenvalue weighted by Gasteiger charge is -2.10. The van der Waals surface area contributed by atoms with E-state index in [-0.39, 0.29) is 17.1 Å². The van der Waals surface area contributed by atoms with Crippen LogP contribution in [-0.2, 0) is 10.0 Å². The third kappa shape index (κ3) is 3.80. The van der Waals surface area contributed by atoms with Crippen LogP contribution in [0.5, 0.6) is 0 Å². The standard InChI is InChI=1S/C11H15N5O4S/c12-7-5-11(14-15-11)6-8-13-21(19,20)10-3-1-9(2-4-10)16(17)18/h1-4,13H,5-8,12H2. The molecular weight excluding hydrogens is 298 g/mol. The van der Waals surface area contributed by atoms with Crippen molar-refractivity contribution in [2.24, 2.45) is 16.0 Å². The number of non-ortho nitro benzene ring substituents is 1. The van der Waals surface area contributed by atoms with Crippen molar-refractivity contribution in [3.63, 3.8) is 0 Å². The highest BCUT2D eigenvalue weighted by molar-refractivity contribution is 7.89. The highest BCUT2D eigenvalue weighted by Crippen LogP contribution is 2.34. The van der Waals surface area contributed by atoms with Gasteiger partial charge >= 0.3 is 0 Å². The second-order valence-electron chi connectivity index (χ2n) is 4.62. The first-order valence-corrected chi connectivity index (χ1v) is 7.75. The summed E-state index contributed by atoms with van der Waals surface area (Å²) in [6, 6.07) is 4.69. The number of benzene rings is 1. The molecule has 1 aliphatic heterocycles. The van der Waals surface area contributed by atoms with Crippen LogP contribution in [-0.4, -0.2) is 32.1 Å². The maximum absolute atomic E-state index is 12.0. The molecule has 0 bridgehead atoms. The fourth-order valence-corrected chi connectivity index (χ4v) is 2.87. The summed E-state index contributed by atoms with van der Waals surface area (Å²) in [7, 11) is -3.70. The molecule has 1 aromatic carbocycles. The maximum Gasteiger partial charge on any atom is 0.269 e. The van der Waals surface area contributed by atoms with E-state index in [9.17, 15) is 18.5 Å². The number of sulfonamides is 1. The lowest BCUT2D eigenvalue weighted by Crippen LogP contribution is -2.29. The zero-order valence-electron chi connectivity index (χ0n) is 11.1. The molecule has 114 valence electrons. The van der Waals surface area contributed by atoms with Gasteiger partial charge in [-0.1, -0.05) is 0 Å². The first-order chi connectivity index (χ1) is 9.88. The van der Waals surface area contributed by atoms with Gasteiger partial charge in [0.25, 0.3) is 5.69 Å². The summed E-state index contributed by atoms with van der Waals surface area (Å²) < 4.78 is 26.4. The first kappa shape index (κ1) is 15.5. The Hall–Kier alpha value is -1.91. The molecular formula is C11H15N5O4S. The van der Waals surface area contributed by atoms with Gasteiger partial charge in [-0.2, -0.15) is 10.2 Å². The maximum atomic E-state index is 12.0. The van der Waals surface area contributed by atoms with Crippen LogP contribution in [0.15, 0.2) is 39.4 Å². The summed E-state index contributed by atoms with van der Waals surface area (Å²) >= 11 is 0. The van der Waals surface area contributed by atoms with Crippen molar-refractivity contribution >= 4 is 15.7 Å². The molecule has 0 aliphatic carbocycles. The SMILES string of the molecule is NCCC1(CCNS(=O)(=O)c2ccc([N+](=O)[O-])cc2)N=N1. The molecule has 0 amide bonds. The predicted molar refractivity (Wildman–Crippen MR) is 74.2 cm³/mol. The van der Waals surface area contributed by atoms with Crippen molar-refractivity contribution in [3.8, 4) is 0 Å². The zero-order valence-corrected chi connectivity index (χ0v) is 11.9. The second-order valence-corrected chi connectivity index (χ2v) is 6.39. The Kier molecular flexibility index (Phi) is 4.30. The van der Waals surface area contributed by atoms with E-state index in [0.717, 1.165) is 12.1 Å². The molecule has 3 N–H and O–H groups in total. The number of nitro groups is 1. The van der Waals surface area contributed by atoms with Crippen LogP contribution in [0.4, 0.5) is 5.69 Å². The smallest absolute Gasteiger partial charge is 0.269 e. The van der Waals surface area contributed by atoms with Crippen molar-refractivity contribution in [2.75, 3.05) is 13.1 Å². The average Bonchev–Trinajstić information content (AvgIpc) is 3.19. The highest BCUT2D eigenvalue weighted by atomic mass is 32.2. The fourth-order valence-electron chi connectivity index (χ4n) is 1.84. The molecule has 9 nitrogen and oxygen atoms in total. The third-order valence-corrected chi connectivity index (χ3v) is 4.58. The average molecular weight is 313 g/mol. The summed E-state index contributed by atoms with van der Waals surface area (Å²) in [5, 5.41) is 18.3. The minimum atomic E-state index is -3.70. The van der Waals surface area contributed by atoms with E-state index >= 15 is 0 Å². The summed E-state index contributed by atoms with van der Waals surface area (Å²) in [5.74, 6) is 0. The van der Waals surface area contributed by atoms with Crippen LogP contribution in [0.3, 0.4) is 0 Å². The first-order valence-electron chi connectivity index (χ1n) is 6.27. The Morgan fingerprint density at radius 1 is 1.24 bits per heavy atom. The number of hydrogen-bond donors (Lipinski definition) is 2. The van der Waals surface area contributed by atoms with Crippen LogP contribution in [0, 0.1) is 10.1 Å². The Morgan fingerprint density at radius 3 is 2.33 bits per heavy atom. The van der Waals surface area contributed by atoms with Gasteiger partial charge in [-0.15, -0.1) is 0 Å². The molecule has 1 aromatic rings. The molecule has 0 fully saturated rings. The molecule has 0 atom stereocenters. The Morgan fingerprint density at radius 2 is 1.86 bits per heavy atom. The minimum Gasteiger partial charge on any atom is -0.330 e. The van der Waals surface area contributed by atoms with Crippen LogP contribution in [0.1, 0.15) is 12.8 Å². The van der Waals surface area contributed by atoms with E-state index in [1.165, 1.54) is 12.1 Å². The molecule has 0 saturated carbocycles. The van der Waals surface area contributed by atoms with Gasteiger partial charge in [0, 0.05) is 31.5 Å². The normalized spacial score (nSPS) is 15.9. The number of nitrogens with one attached hydrogen (secondary N) is 1. The van der Waals surface area contributed by atoms with Gasteiger partial charge < -0.3 is 5.73 Å². The van der Waals surface area contributed by atoms with E-state index in [2.05, 4.69) is 15.0 Å². The minimum absolute atomic E-state index is 0.0225. The van der Waals surface area contributed by atoms with Crippen LogP contribution < -0.4 is 10.5 Å². The molecule has 10 heteroatoms. The van der Waals surface area contributed by atoms with Crippen molar-refractivity contribution in [2.45, 2.75) is 23.4 Å². The number of hydrogen-bond acceptors (Lipinski definition) is 7. The Bertz CT molecular complexity index is 650. The largest absolute Gasteiger partial charge is 0.330 e. The number of nitrogens with zero attached hydrogens (tertiary/aromatic N) is 3. The number of nitrogens with two attached hydrogens (primary N) is 1. The van der Waals surface area contributed by atoms with Crippen LogP contribution in [0.2, 0.25) is 0 Å². The summed E-state index contributed by atoms with van der Waals surface area (Å²) in [6.07, 6.45) is 1.03. The van der Waals surface area contributed by atoms with Gasteiger partial charge in [0.15, 0.2) is 5.66 Å². The van der Waals surface area contributed by atoms with Gasteiger partial charge in [0.05, 0.1) is 9.82 Å². The van der Waals surface area contributed by atoms with Crippen LogP contribution >= 0.6 is 0 Å². The third-order valence-electron chi connectivity index (χ3n) is 3.10. The number of rotatable bonds is 8. The van der Waals surface area contributed by atoms with Gasteiger partial charge in [0.1, 0.15) is 0 Å². The van der Waals surface area contributed by atoms with Gasteiger partial charge in [0.2, 0.25) is 10.0 Å². The van der Waals surface area contributed by atoms with E-state index in [4.69, 9.17) is 5.73 Å². The predicted octanol–water partition coefficient (Wildman–Crippen LogP) is 0.774. The Balaban J connectivity index is 1.94. The second kappa shape index (κ2) is 5.84. The molecule has 21 heavy (non-hydrogen) atoms. The van der Waals surface area contributed by atoms with Gasteiger partial charge in [-0.3, -0.25) is 10.1 Å². The quantitative estimate of drug-likeness (QED) is 0.539. The topological polar surface area (TPSA) is 140 Å². The summed E-state index contributed by atoms with van der Waals surface area (Å²) in [4.78, 5) is 9.91. The van der Waals surface area contributed by atoms with E-state index in [1.807, 2.05) is 0 Å². The van der Waals surface area contributed by atoms with Crippen molar-refractivity contribution in [3.05, 3.63) is 34.4 Å². The van der Waals surface area contributed by atoms with Crippen molar-refractivity contribution in [1.82, 2.24) is 4.72 Å². The van der Waals surface area contributed by atoms with E-state index in [0.29, 0.717) is 19.4 Å². The molecule has 0 unspecified atom stereocenters. The summed E-state index contributed by atoms with van der Waals surface area (Å²) in [6.45, 7) is 0.606. The molecule has 2 rings (SSSR count). The molecule has 0 aromatic heterocycles. The Labute approximate surface area is 121 Å². The monoisotopic (exact) mass is 313 g/mol. The van der Waals surface area contributed by atoms with Gasteiger partial charge in [-0.25, -0.2) is 13.1 Å². The lowest BCUT2D eigenvalue weighted by atomic mass is 10.1.